The van der Waals surface area contributed by atoms with Gasteiger partial charge in [-0.25, -0.2) is 0 Å². The van der Waals surface area contributed by atoms with E-state index in [9.17, 15) is 10.1 Å². The number of anilines is 1. The zero-order valence-corrected chi connectivity index (χ0v) is 9.89. The van der Waals surface area contributed by atoms with Gasteiger partial charge in [0.1, 0.15) is 11.6 Å². The number of para-hydroxylation sites is 1. The number of hydrogen-bond donors (Lipinski definition) is 0. The molecule has 0 unspecified atom stereocenters. The number of carbonyl (C=O) groups excluding carboxylic acids is 1. The van der Waals surface area contributed by atoms with Crippen molar-refractivity contribution < 1.29 is 4.79 Å². The van der Waals surface area contributed by atoms with Crippen LogP contribution in [-0.4, -0.2) is 12.3 Å². The van der Waals surface area contributed by atoms with Gasteiger partial charge in [0.2, 0.25) is 0 Å². The smallest absolute Gasteiger partial charge is 0.175 e. The van der Waals surface area contributed by atoms with Crippen LogP contribution < -0.4 is 4.90 Å². The van der Waals surface area contributed by atoms with Gasteiger partial charge >= 0.3 is 0 Å². The van der Waals surface area contributed by atoms with Gasteiger partial charge in [-0.1, -0.05) is 24.3 Å². The Kier molecular flexibility index (Phi) is 2.49. The van der Waals surface area contributed by atoms with E-state index >= 15 is 0 Å². The summed E-state index contributed by atoms with van der Waals surface area (Å²) in [5.74, 6) is -0.0426. The SMILES string of the molecule is N#CC1=C2C=Cc3ccccc3N2CCCC1=O. The Hall–Kier alpha value is -2.34. The van der Waals surface area contributed by atoms with Crippen LogP contribution in [0.5, 0.6) is 0 Å². The highest BCUT2D eigenvalue weighted by molar-refractivity contribution is 6.02. The molecule has 3 heteroatoms. The van der Waals surface area contributed by atoms with E-state index in [0.717, 1.165) is 29.9 Å². The van der Waals surface area contributed by atoms with E-state index in [2.05, 4.69) is 11.0 Å². The van der Waals surface area contributed by atoms with Crippen molar-refractivity contribution in [2.75, 3.05) is 11.4 Å². The highest BCUT2D eigenvalue weighted by Crippen LogP contribution is 2.34. The second-order valence-corrected chi connectivity index (χ2v) is 4.44. The van der Waals surface area contributed by atoms with Crippen molar-refractivity contribution in [2.45, 2.75) is 12.8 Å². The van der Waals surface area contributed by atoms with Crippen LogP contribution >= 0.6 is 0 Å². The average molecular weight is 236 g/mol. The quantitative estimate of drug-likeness (QED) is 0.695. The van der Waals surface area contributed by atoms with Crippen LogP contribution in [0.25, 0.3) is 6.08 Å². The fourth-order valence-corrected chi connectivity index (χ4v) is 2.51. The maximum Gasteiger partial charge on any atom is 0.175 e. The minimum absolute atomic E-state index is 0.0426. The summed E-state index contributed by atoms with van der Waals surface area (Å²) in [6.45, 7) is 0.785. The fraction of sp³-hybridized carbons (Fsp3) is 0.200. The lowest BCUT2D eigenvalue weighted by atomic mass is 10.0. The molecule has 2 aliphatic rings. The molecule has 3 nitrogen and oxygen atoms in total. The van der Waals surface area contributed by atoms with Crippen LogP contribution in [0.3, 0.4) is 0 Å². The fourth-order valence-electron chi connectivity index (χ4n) is 2.51. The number of ketones is 1. The number of benzene rings is 1. The Balaban J connectivity index is 2.21. The number of fused-ring (bicyclic) bond motifs is 3. The molecule has 0 amide bonds. The normalized spacial score (nSPS) is 17.9. The molecule has 0 aliphatic carbocycles. The Labute approximate surface area is 106 Å². The van der Waals surface area contributed by atoms with E-state index in [-0.39, 0.29) is 5.78 Å². The molecular weight excluding hydrogens is 224 g/mol. The zero-order chi connectivity index (χ0) is 12.5. The number of rotatable bonds is 0. The van der Waals surface area contributed by atoms with Gasteiger partial charge in [-0.05, 0) is 24.1 Å². The lowest BCUT2D eigenvalue weighted by Gasteiger charge is -2.29. The summed E-state index contributed by atoms with van der Waals surface area (Å²) in [6.07, 6.45) is 5.09. The molecule has 18 heavy (non-hydrogen) atoms. The number of Topliss-reactive ketones (excluding diaryl/α,β-unsaturated/α-hetero) is 1. The second kappa shape index (κ2) is 4.15. The first-order valence-corrected chi connectivity index (χ1v) is 6.03. The van der Waals surface area contributed by atoms with Gasteiger partial charge in [-0.15, -0.1) is 0 Å². The Morgan fingerprint density at radius 2 is 2.06 bits per heavy atom. The predicted octanol–water partition coefficient (Wildman–Crippen LogP) is 2.66. The number of allylic oxidation sites excluding steroid dienone is 2. The van der Waals surface area contributed by atoms with E-state index in [1.807, 2.05) is 36.4 Å². The third-order valence-corrected chi connectivity index (χ3v) is 3.37. The van der Waals surface area contributed by atoms with E-state index in [4.69, 9.17) is 0 Å². The third-order valence-electron chi connectivity index (χ3n) is 3.37. The standard InChI is InChI=1S/C15H12N2O/c16-10-12-14-8-7-11-4-1-2-5-13(11)17(14)9-3-6-15(12)18/h1-2,4-5,7-8H,3,6,9H2. The zero-order valence-electron chi connectivity index (χ0n) is 9.89. The monoisotopic (exact) mass is 236 g/mol. The molecule has 0 atom stereocenters. The molecule has 0 spiro atoms. The highest BCUT2D eigenvalue weighted by Gasteiger charge is 2.26. The first-order chi connectivity index (χ1) is 8.81. The van der Waals surface area contributed by atoms with Crippen molar-refractivity contribution in [1.82, 2.24) is 0 Å². The van der Waals surface area contributed by atoms with Crippen molar-refractivity contribution in [3.8, 4) is 6.07 Å². The van der Waals surface area contributed by atoms with Crippen molar-refractivity contribution in [1.29, 1.82) is 5.26 Å². The minimum Gasteiger partial charge on any atom is -0.340 e. The van der Waals surface area contributed by atoms with Crippen molar-refractivity contribution in [3.63, 3.8) is 0 Å². The highest BCUT2D eigenvalue weighted by atomic mass is 16.1. The van der Waals surface area contributed by atoms with Crippen LogP contribution in [-0.2, 0) is 4.79 Å². The Bertz CT molecular complexity index is 620. The van der Waals surface area contributed by atoms with E-state index < -0.39 is 0 Å². The van der Waals surface area contributed by atoms with Gasteiger partial charge in [0, 0.05) is 18.7 Å². The Morgan fingerprint density at radius 1 is 1.22 bits per heavy atom. The first-order valence-electron chi connectivity index (χ1n) is 6.03. The van der Waals surface area contributed by atoms with Gasteiger partial charge in [0.15, 0.2) is 5.78 Å². The predicted molar refractivity (Wildman–Crippen MR) is 69.7 cm³/mol. The molecule has 0 N–H and O–H groups in total. The molecule has 1 aromatic rings. The molecule has 1 aromatic carbocycles. The summed E-state index contributed by atoms with van der Waals surface area (Å²) >= 11 is 0. The maximum absolute atomic E-state index is 11.9. The molecule has 2 heterocycles. The van der Waals surface area contributed by atoms with E-state index in [1.54, 1.807) is 0 Å². The largest absolute Gasteiger partial charge is 0.340 e. The number of nitriles is 1. The van der Waals surface area contributed by atoms with Crippen LogP contribution in [0.15, 0.2) is 41.6 Å². The molecule has 88 valence electrons. The summed E-state index contributed by atoms with van der Waals surface area (Å²) in [6, 6.07) is 10.1. The molecule has 0 fully saturated rings. The topological polar surface area (TPSA) is 44.1 Å². The van der Waals surface area contributed by atoms with Crippen molar-refractivity contribution >= 4 is 17.5 Å². The van der Waals surface area contributed by atoms with Crippen LogP contribution in [0.2, 0.25) is 0 Å². The average Bonchev–Trinajstić information content (AvgIpc) is 2.57. The summed E-state index contributed by atoms with van der Waals surface area (Å²) in [4.78, 5) is 14.0. The molecule has 0 bridgehead atoms. The molecule has 0 aromatic heterocycles. The van der Waals surface area contributed by atoms with Crippen LogP contribution in [0.4, 0.5) is 5.69 Å². The van der Waals surface area contributed by atoms with Gasteiger partial charge in [0.25, 0.3) is 0 Å². The summed E-state index contributed by atoms with van der Waals surface area (Å²) < 4.78 is 0. The van der Waals surface area contributed by atoms with Gasteiger partial charge in [0.05, 0.1) is 5.70 Å². The minimum atomic E-state index is -0.0426. The maximum atomic E-state index is 11.9. The van der Waals surface area contributed by atoms with Crippen LogP contribution in [0, 0.1) is 11.3 Å². The number of carbonyl (C=O) groups is 1. The second-order valence-electron chi connectivity index (χ2n) is 4.44. The van der Waals surface area contributed by atoms with Gasteiger partial charge in [-0.3, -0.25) is 4.79 Å². The van der Waals surface area contributed by atoms with E-state index in [1.165, 1.54) is 0 Å². The third kappa shape index (κ3) is 1.54. The van der Waals surface area contributed by atoms with Crippen LogP contribution in [0.1, 0.15) is 18.4 Å². The van der Waals surface area contributed by atoms with Crippen molar-refractivity contribution in [3.05, 3.63) is 47.2 Å². The molecule has 0 saturated heterocycles. The molecule has 0 radical (unpaired) electrons. The molecule has 2 aliphatic heterocycles. The number of nitrogens with zero attached hydrogens (tertiary/aromatic N) is 2. The summed E-state index contributed by atoms with van der Waals surface area (Å²) in [7, 11) is 0. The summed E-state index contributed by atoms with van der Waals surface area (Å²) in [5, 5.41) is 9.18. The van der Waals surface area contributed by atoms with Crippen molar-refractivity contribution in [2.24, 2.45) is 0 Å². The lowest BCUT2D eigenvalue weighted by molar-refractivity contribution is -0.115. The lowest BCUT2D eigenvalue weighted by Crippen LogP contribution is -2.25. The number of hydrogen-bond acceptors (Lipinski definition) is 3. The van der Waals surface area contributed by atoms with E-state index in [0.29, 0.717) is 12.0 Å². The van der Waals surface area contributed by atoms with Gasteiger partial charge < -0.3 is 4.90 Å². The summed E-state index contributed by atoms with van der Waals surface area (Å²) in [5.41, 5.74) is 3.25. The molecule has 3 rings (SSSR count). The van der Waals surface area contributed by atoms with Gasteiger partial charge in [-0.2, -0.15) is 5.26 Å². The molecular formula is C15H12N2O. The Morgan fingerprint density at radius 3 is 2.89 bits per heavy atom. The first kappa shape index (κ1) is 10.8. The molecule has 0 saturated carbocycles.